The third kappa shape index (κ3) is 1.82. The zero-order chi connectivity index (χ0) is 10.1. The van der Waals surface area contributed by atoms with Gasteiger partial charge < -0.3 is 15.5 Å². The Morgan fingerprint density at radius 1 is 1.57 bits per heavy atom. The standard InChI is InChI=1S/C9H10N2O3/c10-6-3-7(6)11-9(13)5-1-2-8(12)14-4-5/h1-2,4,6-7H,3,10H2,(H,11,13). The third-order valence-corrected chi connectivity index (χ3v) is 2.12. The van der Waals surface area contributed by atoms with E-state index in [9.17, 15) is 9.59 Å². The van der Waals surface area contributed by atoms with Crippen molar-refractivity contribution in [1.82, 2.24) is 5.32 Å². The number of nitrogens with two attached hydrogens (primary N) is 1. The molecule has 5 nitrogen and oxygen atoms in total. The molecular formula is C9H10N2O3. The van der Waals surface area contributed by atoms with Gasteiger partial charge >= 0.3 is 5.63 Å². The number of nitrogens with one attached hydrogen (secondary N) is 1. The van der Waals surface area contributed by atoms with Gasteiger partial charge in [-0.3, -0.25) is 4.79 Å². The maximum Gasteiger partial charge on any atom is 0.335 e. The van der Waals surface area contributed by atoms with Crippen LogP contribution in [0.4, 0.5) is 0 Å². The van der Waals surface area contributed by atoms with E-state index in [4.69, 9.17) is 5.73 Å². The molecule has 5 heteroatoms. The summed E-state index contributed by atoms with van der Waals surface area (Å²) in [4.78, 5) is 22.0. The Balaban J connectivity index is 2.04. The van der Waals surface area contributed by atoms with Crippen molar-refractivity contribution in [1.29, 1.82) is 0 Å². The van der Waals surface area contributed by atoms with Gasteiger partial charge in [0.1, 0.15) is 6.26 Å². The van der Waals surface area contributed by atoms with Crippen LogP contribution in [0.25, 0.3) is 0 Å². The fourth-order valence-electron chi connectivity index (χ4n) is 1.12. The molecule has 0 bridgehead atoms. The summed E-state index contributed by atoms with van der Waals surface area (Å²) in [6.07, 6.45) is 1.95. The smallest absolute Gasteiger partial charge is 0.335 e. The van der Waals surface area contributed by atoms with E-state index in [-0.39, 0.29) is 18.0 Å². The topological polar surface area (TPSA) is 85.3 Å². The van der Waals surface area contributed by atoms with Gasteiger partial charge in [-0.1, -0.05) is 0 Å². The molecule has 1 aromatic heterocycles. The van der Waals surface area contributed by atoms with Crippen LogP contribution in [0, 0.1) is 0 Å². The summed E-state index contributed by atoms with van der Waals surface area (Å²) < 4.78 is 4.56. The molecule has 0 saturated heterocycles. The predicted molar refractivity (Wildman–Crippen MR) is 48.8 cm³/mol. The average molecular weight is 194 g/mol. The van der Waals surface area contributed by atoms with E-state index < -0.39 is 5.63 Å². The average Bonchev–Trinajstić information content (AvgIpc) is 2.82. The zero-order valence-electron chi connectivity index (χ0n) is 7.40. The highest BCUT2D eigenvalue weighted by Gasteiger charge is 2.34. The van der Waals surface area contributed by atoms with Crippen LogP contribution in [0.3, 0.4) is 0 Å². The van der Waals surface area contributed by atoms with E-state index in [1.807, 2.05) is 0 Å². The normalized spacial score (nSPS) is 24.4. The van der Waals surface area contributed by atoms with Gasteiger partial charge in [-0.25, -0.2) is 4.79 Å². The molecule has 0 aromatic carbocycles. The number of carbonyl (C=O) groups is 1. The van der Waals surface area contributed by atoms with Crippen molar-refractivity contribution in [3.8, 4) is 0 Å². The molecule has 1 aromatic rings. The molecule has 74 valence electrons. The molecular weight excluding hydrogens is 184 g/mol. The second-order valence-corrected chi connectivity index (χ2v) is 3.32. The summed E-state index contributed by atoms with van der Waals surface area (Å²) >= 11 is 0. The summed E-state index contributed by atoms with van der Waals surface area (Å²) in [5.74, 6) is -0.258. The summed E-state index contributed by atoms with van der Waals surface area (Å²) in [6.45, 7) is 0. The molecule has 14 heavy (non-hydrogen) atoms. The van der Waals surface area contributed by atoms with Crippen LogP contribution in [0.15, 0.2) is 27.6 Å². The van der Waals surface area contributed by atoms with Gasteiger partial charge in [0.05, 0.1) is 5.56 Å². The third-order valence-electron chi connectivity index (χ3n) is 2.12. The molecule has 0 spiro atoms. The predicted octanol–water partition coefficient (Wildman–Crippen LogP) is -0.531. The second kappa shape index (κ2) is 3.26. The van der Waals surface area contributed by atoms with Crippen LogP contribution in [-0.2, 0) is 0 Å². The van der Waals surface area contributed by atoms with E-state index in [1.54, 1.807) is 0 Å². The van der Waals surface area contributed by atoms with Gasteiger partial charge in [0.25, 0.3) is 5.91 Å². The zero-order valence-corrected chi connectivity index (χ0v) is 7.40. The monoisotopic (exact) mass is 194 g/mol. The lowest BCUT2D eigenvalue weighted by Gasteiger charge is -2.01. The largest absolute Gasteiger partial charge is 0.430 e. The van der Waals surface area contributed by atoms with Crippen LogP contribution in [0.2, 0.25) is 0 Å². The molecule has 1 aliphatic rings. The van der Waals surface area contributed by atoms with Crippen molar-refractivity contribution in [2.75, 3.05) is 0 Å². The molecule has 0 aliphatic heterocycles. The lowest BCUT2D eigenvalue weighted by molar-refractivity contribution is 0.0948. The minimum atomic E-state index is -0.468. The molecule has 2 atom stereocenters. The van der Waals surface area contributed by atoms with Crippen molar-refractivity contribution in [3.63, 3.8) is 0 Å². The van der Waals surface area contributed by atoms with Crippen molar-refractivity contribution >= 4 is 5.91 Å². The molecule has 2 rings (SSSR count). The van der Waals surface area contributed by atoms with Crippen molar-refractivity contribution in [3.05, 3.63) is 34.4 Å². The lowest BCUT2D eigenvalue weighted by Crippen LogP contribution is -2.29. The van der Waals surface area contributed by atoms with Crippen molar-refractivity contribution in [2.45, 2.75) is 18.5 Å². The Labute approximate surface area is 79.9 Å². The first kappa shape index (κ1) is 8.96. The van der Waals surface area contributed by atoms with Crippen LogP contribution in [0.1, 0.15) is 16.8 Å². The molecule has 1 fully saturated rings. The molecule has 0 radical (unpaired) electrons. The number of carbonyl (C=O) groups excluding carboxylic acids is 1. The minimum Gasteiger partial charge on any atom is -0.430 e. The molecule has 1 heterocycles. The Morgan fingerprint density at radius 3 is 2.79 bits per heavy atom. The number of rotatable bonds is 2. The summed E-state index contributed by atoms with van der Waals surface area (Å²) in [5.41, 5.74) is 5.40. The fourth-order valence-corrected chi connectivity index (χ4v) is 1.12. The SMILES string of the molecule is NC1CC1NC(=O)c1ccc(=O)oc1. The van der Waals surface area contributed by atoms with Gasteiger partial charge in [-0.05, 0) is 12.5 Å². The Kier molecular flexibility index (Phi) is 2.09. The van der Waals surface area contributed by atoms with Gasteiger partial charge in [-0.2, -0.15) is 0 Å². The lowest BCUT2D eigenvalue weighted by atomic mass is 10.3. The second-order valence-electron chi connectivity index (χ2n) is 3.32. The van der Waals surface area contributed by atoms with Gasteiger partial charge in [0.15, 0.2) is 0 Å². The molecule has 1 saturated carbocycles. The highest BCUT2D eigenvalue weighted by atomic mass is 16.4. The van der Waals surface area contributed by atoms with Crippen molar-refractivity contribution < 1.29 is 9.21 Å². The molecule has 2 unspecified atom stereocenters. The van der Waals surface area contributed by atoms with Gasteiger partial charge in [-0.15, -0.1) is 0 Å². The minimum absolute atomic E-state index is 0.0643. The van der Waals surface area contributed by atoms with Gasteiger partial charge in [0, 0.05) is 18.2 Å². The Bertz CT molecular complexity index is 392. The van der Waals surface area contributed by atoms with E-state index in [2.05, 4.69) is 9.73 Å². The first-order valence-electron chi connectivity index (χ1n) is 4.32. The quantitative estimate of drug-likeness (QED) is 0.662. The summed E-state index contributed by atoms with van der Waals surface area (Å²) in [6, 6.07) is 2.76. The van der Waals surface area contributed by atoms with Crippen LogP contribution in [0.5, 0.6) is 0 Å². The number of amides is 1. The van der Waals surface area contributed by atoms with E-state index in [0.29, 0.717) is 5.56 Å². The van der Waals surface area contributed by atoms with E-state index in [1.165, 1.54) is 12.1 Å². The van der Waals surface area contributed by atoms with Gasteiger partial charge in [0.2, 0.25) is 0 Å². The maximum atomic E-state index is 11.4. The van der Waals surface area contributed by atoms with E-state index >= 15 is 0 Å². The summed E-state index contributed by atoms with van der Waals surface area (Å²) in [7, 11) is 0. The summed E-state index contributed by atoms with van der Waals surface area (Å²) in [5, 5.41) is 2.71. The highest BCUT2D eigenvalue weighted by Crippen LogP contribution is 2.18. The highest BCUT2D eigenvalue weighted by molar-refractivity contribution is 5.94. The molecule has 1 amide bonds. The maximum absolute atomic E-state index is 11.4. The molecule has 3 N–H and O–H groups in total. The Morgan fingerprint density at radius 2 is 2.29 bits per heavy atom. The number of hydrogen-bond acceptors (Lipinski definition) is 4. The molecule has 1 aliphatic carbocycles. The fraction of sp³-hybridized carbons (Fsp3) is 0.333. The Hall–Kier alpha value is -1.62. The number of hydrogen-bond donors (Lipinski definition) is 2. The van der Waals surface area contributed by atoms with Crippen molar-refractivity contribution in [2.24, 2.45) is 5.73 Å². The first-order valence-corrected chi connectivity index (χ1v) is 4.32. The van der Waals surface area contributed by atoms with Crippen LogP contribution in [-0.4, -0.2) is 18.0 Å². The van der Waals surface area contributed by atoms with Crippen LogP contribution >= 0.6 is 0 Å². The van der Waals surface area contributed by atoms with Crippen LogP contribution < -0.4 is 16.7 Å². The first-order chi connectivity index (χ1) is 6.66. The van der Waals surface area contributed by atoms with E-state index in [0.717, 1.165) is 12.7 Å².